The summed E-state index contributed by atoms with van der Waals surface area (Å²) in [5.74, 6) is 0. The summed E-state index contributed by atoms with van der Waals surface area (Å²) < 4.78 is 16.0. The smallest absolute Gasteiger partial charge is 0.159 e. The van der Waals surface area contributed by atoms with Gasteiger partial charge in [0.2, 0.25) is 0 Å². The third-order valence-corrected chi connectivity index (χ3v) is 11.4. The van der Waals surface area contributed by atoms with Gasteiger partial charge >= 0.3 is 0 Å². The molecule has 262 valence electrons. The van der Waals surface area contributed by atoms with E-state index in [1.807, 2.05) is 12.1 Å². The molecule has 3 aromatic heterocycles. The maximum absolute atomic E-state index is 6.90. The van der Waals surface area contributed by atoms with Crippen LogP contribution in [0.4, 0.5) is 17.1 Å². The molecule has 0 aliphatic heterocycles. The molecule has 0 unspecified atom stereocenters. The first-order valence-corrected chi connectivity index (χ1v) is 19.0. The molecule has 9 aromatic carbocycles. The van der Waals surface area contributed by atoms with E-state index in [0.29, 0.717) is 0 Å². The Morgan fingerprint density at radius 3 is 1.68 bits per heavy atom. The molecule has 0 saturated heterocycles. The van der Waals surface area contributed by atoms with Crippen molar-refractivity contribution in [1.82, 2.24) is 4.57 Å². The average Bonchev–Trinajstić information content (AvgIpc) is 3.95. The molecule has 56 heavy (non-hydrogen) atoms. The van der Waals surface area contributed by atoms with Crippen LogP contribution in [-0.4, -0.2) is 4.57 Å². The Hall–Kier alpha value is -7.56. The Morgan fingerprint density at radius 1 is 0.357 bits per heavy atom. The minimum atomic E-state index is 0.841. The fourth-order valence-corrected chi connectivity index (χ4v) is 8.91. The number of anilines is 3. The van der Waals surface area contributed by atoms with Gasteiger partial charge < -0.3 is 18.3 Å². The second kappa shape index (κ2) is 12.0. The van der Waals surface area contributed by atoms with Crippen LogP contribution in [0.25, 0.3) is 93.3 Å². The predicted molar refractivity (Wildman–Crippen MR) is 233 cm³/mol. The number of rotatable bonds is 5. The fourth-order valence-electron chi connectivity index (χ4n) is 8.91. The van der Waals surface area contributed by atoms with Gasteiger partial charge in [0, 0.05) is 43.4 Å². The maximum Gasteiger partial charge on any atom is 0.159 e. The van der Waals surface area contributed by atoms with Gasteiger partial charge in [-0.05, 0) is 65.7 Å². The normalized spacial score (nSPS) is 11.9. The van der Waals surface area contributed by atoms with Gasteiger partial charge in [-0.15, -0.1) is 0 Å². The standard InChI is InChI=1S/C52H32N2O2/c1-2-14-33(15-3-1)34-28-30-35(31-29-34)53(46-25-12-21-41-39-19-8-11-26-48(39)55-52(41)46)47-32-42-50-45(24-13-27-49(50)56-51(42)40-20-5-4-18-38(40)47)54-43-22-9-6-16-36(43)37-17-7-10-23-44(37)54/h1-32H. The maximum atomic E-state index is 6.90. The molecular formula is C52H32N2O2. The van der Waals surface area contributed by atoms with Crippen LogP contribution in [0.15, 0.2) is 203 Å². The van der Waals surface area contributed by atoms with Crippen molar-refractivity contribution in [3.05, 3.63) is 194 Å². The number of nitrogens with zero attached hydrogens (tertiary/aromatic N) is 2. The highest BCUT2D eigenvalue weighted by Gasteiger charge is 2.25. The third-order valence-electron chi connectivity index (χ3n) is 11.4. The van der Waals surface area contributed by atoms with Crippen molar-refractivity contribution < 1.29 is 8.83 Å². The zero-order valence-corrected chi connectivity index (χ0v) is 30.2. The van der Waals surface area contributed by atoms with E-state index in [1.165, 1.54) is 16.3 Å². The van der Waals surface area contributed by atoms with E-state index in [-0.39, 0.29) is 0 Å². The van der Waals surface area contributed by atoms with E-state index in [2.05, 4.69) is 191 Å². The zero-order chi connectivity index (χ0) is 36.7. The van der Waals surface area contributed by atoms with Gasteiger partial charge in [0.1, 0.15) is 16.7 Å². The lowest BCUT2D eigenvalue weighted by Gasteiger charge is -2.27. The molecule has 0 fully saturated rings. The summed E-state index contributed by atoms with van der Waals surface area (Å²) in [5.41, 5.74) is 12.2. The fraction of sp³-hybridized carbons (Fsp3) is 0. The molecule has 0 amide bonds. The lowest BCUT2D eigenvalue weighted by Crippen LogP contribution is -2.11. The van der Waals surface area contributed by atoms with Crippen molar-refractivity contribution in [2.24, 2.45) is 0 Å². The Balaban J connectivity index is 1.18. The predicted octanol–water partition coefficient (Wildman–Crippen LogP) is 14.9. The molecule has 3 heterocycles. The van der Waals surface area contributed by atoms with Crippen LogP contribution in [0.1, 0.15) is 0 Å². The molecule has 0 aliphatic carbocycles. The summed E-state index contributed by atoms with van der Waals surface area (Å²) >= 11 is 0. The zero-order valence-electron chi connectivity index (χ0n) is 30.2. The van der Waals surface area contributed by atoms with E-state index in [4.69, 9.17) is 8.83 Å². The van der Waals surface area contributed by atoms with Crippen molar-refractivity contribution in [1.29, 1.82) is 0 Å². The van der Waals surface area contributed by atoms with Crippen molar-refractivity contribution in [3.8, 4) is 16.8 Å². The highest BCUT2D eigenvalue weighted by Crippen LogP contribution is 2.48. The monoisotopic (exact) mass is 716 g/mol. The van der Waals surface area contributed by atoms with Crippen LogP contribution >= 0.6 is 0 Å². The number of benzene rings is 9. The summed E-state index contributed by atoms with van der Waals surface area (Å²) in [6, 6.07) is 68.9. The van der Waals surface area contributed by atoms with E-state index >= 15 is 0 Å². The van der Waals surface area contributed by atoms with Crippen molar-refractivity contribution in [2.75, 3.05) is 4.90 Å². The molecule has 4 heteroatoms. The van der Waals surface area contributed by atoms with Crippen LogP contribution in [0.5, 0.6) is 0 Å². The van der Waals surface area contributed by atoms with E-state index in [1.54, 1.807) is 0 Å². The van der Waals surface area contributed by atoms with Gasteiger partial charge in [-0.25, -0.2) is 0 Å². The molecule has 12 rings (SSSR count). The quantitative estimate of drug-likeness (QED) is 0.178. The van der Waals surface area contributed by atoms with Crippen molar-refractivity contribution in [2.45, 2.75) is 0 Å². The summed E-state index contributed by atoms with van der Waals surface area (Å²) in [4.78, 5) is 2.36. The number of fused-ring (bicyclic) bond motifs is 11. The first kappa shape index (κ1) is 30.9. The number of furan rings is 2. The van der Waals surface area contributed by atoms with Crippen LogP contribution in [0, 0.1) is 0 Å². The molecule has 0 atom stereocenters. The summed E-state index contributed by atoms with van der Waals surface area (Å²) in [7, 11) is 0. The largest absolute Gasteiger partial charge is 0.455 e. The average molecular weight is 717 g/mol. The van der Waals surface area contributed by atoms with Crippen molar-refractivity contribution >= 4 is 93.5 Å². The van der Waals surface area contributed by atoms with E-state index in [0.717, 1.165) is 94.0 Å². The Kier molecular flexibility index (Phi) is 6.60. The van der Waals surface area contributed by atoms with Crippen LogP contribution in [0.3, 0.4) is 0 Å². The second-order valence-electron chi connectivity index (χ2n) is 14.4. The highest BCUT2D eigenvalue weighted by molar-refractivity contribution is 6.23. The SMILES string of the molecule is c1ccc(-c2ccc(N(c3cc4c(oc5cccc(-n6c7ccccc7c7ccccc76)c54)c4ccccc34)c3cccc4c3oc3ccccc34)cc2)cc1. The second-order valence-corrected chi connectivity index (χ2v) is 14.4. The minimum absolute atomic E-state index is 0.841. The topological polar surface area (TPSA) is 34.5 Å². The molecule has 0 aliphatic rings. The molecule has 0 radical (unpaired) electrons. The molecule has 0 N–H and O–H groups in total. The summed E-state index contributed by atoms with van der Waals surface area (Å²) in [6.07, 6.45) is 0. The lowest BCUT2D eigenvalue weighted by molar-refractivity contribution is 0.669. The van der Waals surface area contributed by atoms with Crippen LogP contribution < -0.4 is 4.90 Å². The first-order valence-electron chi connectivity index (χ1n) is 19.0. The molecule has 12 aromatic rings. The summed E-state index contributed by atoms with van der Waals surface area (Å²) in [5, 5.41) is 8.88. The van der Waals surface area contributed by atoms with Gasteiger partial charge in [-0.2, -0.15) is 0 Å². The molecule has 0 spiro atoms. The lowest BCUT2D eigenvalue weighted by atomic mass is 10.0. The number of hydrogen-bond donors (Lipinski definition) is 0. The van der Waals surface area contributed by atoms with Gasteiger partial charge in [0.05, 0.1) is 33.5 Å². The summed E-state index contributed by atoms with van der Waals surface area (Å²) in [6.45, 7) is 0. The van der Waals surface area contributed by atoms with Gasteiger partial charge in [-0.3, -0.25) is 0 Å². The third kappa shape index (κ3) is 4.47. The number of para-hydroxylation sites is 4. The molecular weight excluding hydrogens is 685 g/mol. The molecule has 4 nitrogen and oxygen atoms in total. The Bertz CT molecular complexity index is 3430. The van der Waals surface area contributed by atoms with Crippen molar-refractivity contribution in [3.63, 3.8) is 0 Å². The van der Waals surface area contributed by atoms with Gasteiger partial charge in [0.25, 0.3) is 0 Å². The van der Waals surface area contributed by atoms with Crippen LogP contribution in [0.2, 0.25) is 0 Å². The Morgan fingerprint density at radius 2 is 0.911 bits per heavy atom. The minimum Gasteiger partial charge on any atom is -0.455 e. The van der Waals surface area contributed by atoms with Gasteiger partial charge in [0.15, 0.2) is 5.58 Å². The van der Waals surface area contributed by atoms with Crippen LogP contribution in [-0.2, 0) is 0 Å². The molecule has 0 bridgehead atoms. The van der Waals surface area contributed by atoms with E-state index < -0.39 is 0 Å². The van der Waals surface area contributed by atoms with E-state index in [9.17, 15) is 0 Å². The number of aromatic nitrogens is 1. The first-order chi connectivity index (χ1) is 27.8. The molecule has 0 saturated carbocycles. The Labute approximate surface area is 321 Å². The van der Waals surface area contributed by atoms with Gasteiger partial charge in [-0.1, -0.05) is 140 Å². The number of hydrogen-bond acceptors (Lipinski definition) is 3. The highest BCUT2D eigenvalue weighted by atomic mass is 16.3.